The fraction of sp³-hybridized carbons (Fsp3) is 0.462. The van der Waals surface area contributed by atoms with Crippen LogP contribution in [0.4, 0.5) is 0 Å². The second-order valence-electron chi connectivity index (χ2n) is 8.33. The molecule has 1 heterocycles. The topological polar surface area (TPSA) is 45.8 Å². The molecule has 0 saturated heterocycles. The Hall–Kier alpha value is -2.30. The maximum atomic E-state index is 11.2. The molecule has 0 saturated carbocycles. The summed E-state index contributed by atoms with van der Waals surface area (Å²) in [6.07, 6.45) is 6.32. The van der Waals surface area contributed by atoms with E-state index in [1.54, 1.807) is 7.11 Å². The van der Waals surface area contributed by atoms with Gasteiger partial charge in [0.15, 0.2) is 0 Å². The maximum Gasteiger partial charge on any atom is 0.135 e. The summed E-state index contributed by atoms with van der Waals surface area (Å²) in [5.41, 5.74) is 0.160. The molecule has 2 aromatic rings. The predicted octanol–water partition coefficient (Wildman–Crippen LogP) is 6.07. The molecule has 0 spiro atoms. The fourth-order valence-electron chi connectivity index (χ4n) is 3.76. The molecule has 0 atom stereocenters. The highest BCUT2D eigenvalue weighted by Gasteiger charge is 2.31. The fourth-order valence-corrected chi connectivity index (χ4v) is 3.76. The van der Waals surface area contributed by atoms with Crippen molar-refractivity contribution in [3.63, 3.8) is 0 Å². The summed E-state index contributed by atoms with van der Waals surface area (Å²) in [6.45, 7) is 14.4. The van der Waals surface area contributed by atoms with Crippen molar-refractivity contribution in [1.82, 2.24) is 4.90 Å². The Kier molecular flexibility index (Phi) is 9.41. The monoisotopic (exact) mass is 411 g/mol. The summed E-state index contributed by atoms with van der Waals surface area (Å²) in [4.78, 5) is 2.36. The van der Waals surface area contributed by atoms with Gasteiger partial charge in [0, 0.05) is 18.7 Å². The Balaban J connectivity index is 2.19. The van der Waals surface area contributed by atoms with Gasteiger partial charge in [-0.1, -0.05) is 44.2 Å². The van der Waals surface area contributed by atoms with Crippen molar-refractivity contribution >= 4 is 0 Å². The van der Waals surface area contributed by atoms with Gasteiger partial charge in [0.2, 0.25) is 0 Å². The molecule has 0 aliphatic carbocycles. The van der Waals surface area contributed by atoms with Crippen molar-refractivity contribution in [2.24, 2.45) is 5.92 Å². The van der Waals surface area contributed by atoms with E-state index in [0.29, 0.717) is 31.1 Å². The minimum Gasteiger partial charge on any atom is -0.496 e. The van der Waals surface area contributed by atoms with E-state index in [1.807, 2.05) is 42.5 Å². The molecule has 1 N–H and O–H groups in total. The molecule has 1 aromatic heterocycles. The van der Waals surface area contributed by atoms with Crippen LogP contribution in [0, 0.1) is 5.92 Å². The van der Waals surface area contributed by atoms with Crippen LogP contribution in [0.3, 0.4) is 0 Å². The zero-order valence-electron chi connectivity index (χ0n) is 18.8. The molecular formula is C26H37NO3. The van der Waals surface area contributed by atoms with Crippen molar-refractivity contribution in [3.05, 3.63) is 78.8 Å². The van der Waals surface area contributed by atoms with E-state index in [9.17, 15) is 5.11 Å². The standard InChI is InChI=1S/C26H37NO3/c1-6-8-16-26(28,17-9-7-2)25-15-14-23(30-25)20-27(18-21(3)4)19-22-12-10-11-13-24(22)29-5/h6-7,10-15,21,28H,1-2,8-9,16-20H2,3-5H3. The first-order chi connectivity index (χ1) is 14.4. The van der Waals surface area contributed by atoms with E-state index in [2.05, 4.69) is 38.0 Å². The van der Waals surface area contributed by atoms with Crippen molar-refractivity contribution in [2.75, 3.05) is 13.7 Å². The van der Waals surface area contributed by atoms with Crippen LogP contribution in [0.25, 0.3) is 0 Å². The first-order valence-corrected chi connectivity index (χ1v) is 10.8. The molecule has 164 valence electrons. The third-order valence-electron chi connectivity index (χ3n) is 5.23. The van der Waals surface area contributed by atoms with Crippen LogP contribution in [0.1, 0.15) is 56.6 Å². The second-order valence-corrected chi connectivity index (χ2v) is 8.33. The molecule has 0 amide bonds. The largest absolute Gasteiger partial charge is 0.496 e. The minimum atomic E-state index is -0.994. The predicted molar refractivity (Wildman–Crippen MR) is 123 cm³/mol. The van der Waals surface area contributed by atoms with Crippen LogP contribution >= 0.6 is 0 Å². The Bertz CT molecular complexity index is 781. The number of ether oxygens (including phenoxy) is 1. The summed E-state index contributed by atoms with van der Waals surface area (Å²) in [5, 5.41) is 11.2. The number of allylic oxidation sites excluding steroid dienone is 2. The number of hydrogen-bond donors (Lipinski definition) is 1. The van der Waals surface area contributed by atoms with Crippen LogP contribution in [0.5, 0.6) is 5.75 Å². The highest BCUT2D eigenvalue weighted by molar-refractivity contribution is 5.33. The van der Waals surface area contributed by atoms with Gasteiger partial charge in [-0.15, -0.1) is 13.2 Å². The van der Waals surface area contributed by atoms with E-state index in [-0.39, 0.29) is 0 Å². The smallest absolute Gasteiger partial charge is 0.135 e. The summed E-state index contributed by atoms with van der Waals surface area (Å²) in [5.74, 6) is 2.90. The Morgan fingerprint density at radius 2 is 1.73 bits per heavy atom. The van der Waals surface area contributed by atoms with Crippen LogP contribution < -0.4 is 4.74 Å². The second kappa shape index (κ2) is 11.8. The molecule has 4 nitrogen and oxygen atoms in total. The zero-order chi connectivity index (χ0) is 22.0. The highest BCUT2D eigenvalue weighted by Crippen LogP contribution is 2.33. The lowest BCUT2D eigenvalue weighted by atomic mass is 9.89. The van der Waals surface area contributed by atoms with Crippen LogP contribution in [0.15, 0.2) is 66.1 Å². The molecule has 0 bridgehead atoms. The average molecular weight is 412 g/mol. The molecule has 0 fully saturated rings. The SMILES string of the molecule is C=CCCC(O)(CCC=C)c1ccc(CN(Cc2ccccc2OC)CC(C)C)o1. The number of benzene rings is 1. The van der Waals surface area contributed by atoms with Gasteiger partial charge < -0.3 is 14.3 Å². The number of para-hydroxylation sites is 1. The lowest BCUT2D eigenvalue weighted by Crippen LogP contribution is -2.27. The first kappa shape index (κ1) is 24.0. The van der Waals surface area contributed by atoms with Gasteiger partial charge in [0.1, 0.15) is 22.9 Å². The van der Waals surface area contributed by atoms with E-state index < -0.39 is 5.60 Å². The molecule has 0 aliphatic rings. The molecule has 4 heteroatoms. The van der Waals surface area contributed by atoms with Crippen molar-refractivity contribution < 1.29 is 14.3 Å². The van der Waals surface area contributed by atoms with Crippen LogP contribution in [-0.2, 0) is 18.7 Å². The van der Waals surface area contributed by atoms with Crippen LogP contribution in [-0.4, -0.2) is 23.7 Å². The Morgan fingerprint density at radius 1 is 1.07 bits per heavy atom. The van der Waals surface area contributed by atoms with Gasteiger partial charge >= 0.3 is 0 Å². The molecule has 30 heavy (non-hydrogen) atoms. The normalized spacial score (nSPS) is 11.8. The van der Waals surface area contributed by atoms with Gasteiger partial charge in [0.05, 0.1) is 13.7 Å². The maximum absolute atomic E-state index is 11.2. The number of aliphatic hydroxyl groups is 1. The number of methoxy groups -OCH3 is 1. The van der Waals surface area contributed by atoms with E-state index in [0.717, 1.165) is 43.0 Å². The Labute approximate surface area is 181 Å². The third kappa shape index (κ3) is 6.89. The third-order valence-corrected chi connectivity index (χ3v) is 5.23. The van der Waals surface area contributed by atoms with Gasteiger partial charge in [-0.05, 0) is 49.8 Å². The zero-order valence-corrected chi connectivity index (χ0v) is 18.8. The van der Waals surface area contributed by atoms with E-state index in [1.165, 1.54) is 0 Å². The molecule has 2 rings (SSSR count). The van der Waals surface area contributed by atoms with Gasteiger partial charge in [-0.2, -0.15) is 0 Å². The molecule has 0 radical (unpaired) electrons. The number of furan rings is 1. The lowest BCUT2D eigenvalue weighted by Gasteiger charge is -2.26. The molecule has 0 aliphatic heterocycles. The summed E-state index contributed by atoms with van der Waals surface area (Å²) < 4.78 is 11.7. The van der Waals surface area contributed by atoms with Crippen LogP contribution in [0.2, 0.25) is 0 Å². The molecule has 1 aromatic carbocycles. The van der Waals surface area contributed by atoms with E-state index >= 15 is 0 Å². The van der Waals surface area contributed by atoms with Crippen molar-refractivity contribution in [2.45, 2.75) is 58.2 Å². The van der Waals surface area contributed by atoms with Gasteiger partial charge in [0.25, 0.3) is 0 Å². The minimum absolute atomic E-state index is 0.520. The molecule has 0 unspecified atom stereocenters. The summed E-state index contributed by atoms with van der Waals surface area (Å²) >= 11 is 0. The number of rotatable bonds is 14. The number of nitrogens with zero attached hydrogens (tertiary/aromatic N) is 1. The first-order valence-electron chi connectivity index (χ1n) is 10.8. The van der Waals surface area contributed by atoms with Gasteiger partial charge in [-0.3, -0.25) is 4.90 Å². The summed E-state index contributed by atoms with van der Waals surface area (Å²) in [7, 11) is 1.71. The van der Waals surface area contributed by atoms with Gasteiger partial charge in [-0.25, -0.2) is 0 Å². The molecular weight excluding hydrogens is 374 g/mol. The highest BCUT2D eigenvalue weighted by atomic mass is 16.5. The van der Waals surface area contributed by atoms with E-state index in [4.69, 9.17) is 9.15 Å². The lowest BCUT2D eigenvalue weighted by molar-refractivity contribution is -0.00221. The average Bonchev–Trinajstić information content (AvgIpc) is 3.20. The number of hydrogen-bond acceptors (Lipinski definition) is 4. The Morgan fingerprint density at radius 3 is 2.33 bits per heavy atom. The van der Waals surface area contributed by atoms with Crippen molar-refractivity contribution in [3.8, 4) is 5.75 Å². The van der Waals surface area contributed by atoms with Crippen molar-refractivity contribution in [1.29, 1.82) is 0 Å². The summed E-state index contributed by atoms with van der Waals surface area (Å²) in [6, 6.07) is 12.0. The quantitative estimate of drug-likeness (QED) is 0.383.